The standard InChI is InChI=1S/C16H18N4/c1-11-7-14-15(8-12(11)2)20(10-18-14)9-13-5-4-6-16(17-3)19-13/h4-8,10H,9H2,1-3H3,(H,17,19). The fourth-order valence-electron chi connectivity index (χ4n) is 2.32. The lowest BCUT2D eigenvalue weighted by Gasteiger charge is -2.07. The van der Waals surface area contributed by atoms with E-state index in [1.807, 2.05) is 31.6 Å². The van der Waals surface area contributed by atoms with E-state index in [2.05, 4.69) is 45.8 Å². The van der Waals surface area contributed by atoms with Crippen molar-refractivity contribution in [1.82, 2.24) is 14.5 Å². The Morgan fingerprint density at radius 3 is 2.75 bits per heavy atom. The van der Waals surface area contributed by atoms with Gasteiger partial charge in [-0.2, -0.15) is 0 Å². The summed E-state index contributed by atoms with van der Waals surface area (Å²) in [4.78, 5) is 9.03. The lowest BCUT2D eigenvalue weighted by atomic mass is 10.1. The van der Waals surface area contributed by atoms with Gasteiger partial charge in [0.05, 0.1) is 29.6 Å². The van der Waals surface area contributed by atoms with Crippen molar-refractivity contribution in [3.05, 3.63) is 53.5 Å². The summed E-state index contributed by atoms with van der Waals surface area (Å²) in [6.45, 7) is 4.98. The maximum absolute atomic E-state index is 4.55. The number of hydrogen-bond acceptors (Lipinski definition) is 3. The molecule has 0 saturated carbocycles. The van der Waals surface area contributed by atoms with Crippen LogP contribution in [0.5, 0.6) is 0 Å². The molecule has 0 spiro atoms. The van der Waals surface area contributed by atoms with Crippen LogP contribution >= 0.6 is 0 Å². The first-order valence-corrected chi connectivity index (χ1v) is 6.73. The number of benzene rings is 1. The zero-order valence-electron chi connectivity index (χ0n) is 12.0. The Kier molecular flexibility index (Phi) is 3.14. The number of nitrogens with zero attached hydrogens (tertiary/aromatic N) is 3. The van der Waals surface area contributed by atoms with Crippen LogP contribution in [0.4, 0.5) is 5.82 Å². The highest BCUT2D eigenvalue weighted by atomic mass is 15.1. The topological polar surface area (TPSA) is 42.7 Å². The van der Waals surface area contributed by atoms with Crippen LogP contribution in [-0.2, 0) is 6.54 Å². The average Bonchev–Trinajstić information content (AvgIpc) is 2.82. The van der Waals surface area contributed by atoms with Crippen LogP contribution in [0.25, 0.3) is 11.0 Å². The second-order valence-electron chi connectivity index (χ2n) is 5.06. The smallest absolute Gasteiger partial charge is 0.126 e. The highest BCUT2D eigenvalue weighted by Gasteiger charge is 2.06. The Bertz CT molecular complexity index is 758. The van der Waals surface area contributed by atoms with Gasteiger partial charge in [-0.3, -0.25) is 0 Å². The molecule has 0 aliphatic heterocycles. The van der Waals surface area contributed by atoms with Gasteiger partial charge in [-0.05, 0) is 49.2 Å². The molecule has 0 unspecified atom stereocenters. The quantitative estimate of drug-likeness (QED) is 0.792. The number of hydrogen-bond donors (Lipinski definition) is 1. The molecule has 0 fully saturated rings. The number of rotatable bonds is 3. The summed E-state index contributed by atoms with van der Waals surface area (Å²) in [6.07, 6.45) is 1.89. The van der Waals surface area contributed by atoms with Gasteiger partial charge in [0, 0.05) is 7.05 Å². The monoisotopic (exact) mass is 266 g/mol. The summed E-state index contributed by atoms with van der Waals surface area (Å²) >= 11 is 0. The predicted octanol–water partition coefficient (Wildman–Crippen LogP) is 3.14. The van der Waals surface area contributed by atoms with Gasteiger partial charge in [-0.1, -0.05) is 6.07 Å². The molecule has 3 aromatic rings. The third-order valence-electron chi connectivity index (χ3n) is 3.63. The summed E-state index contributed by atoms with van der Waals surface area (Å²) in [5.41, 5.74) is 5.78. The Morgan fingerprint density at radius 2 is 1.95 bits per heavy atom. The number of imidazole rings is 1. The molecule has 0 radical (unpaired) electrons. The van der Waals surface area contributed by atoms with E-state index in [0.717, 1.165) is 29.1 Å². The molecule has 2 heterocycles. The van der Waals surface area contributed by atoms with Crippen LogP contribution in [0, 0.1) is 13.8 Å². The number of fused-ring (bicyclic) bond motifs is 1. The SMILES string of the molecule is CNc1cccc(Cn2cnc3cc(C)c(C)cc32)n1. The third-order valence-corrected chi connectivity index (χ3v) is 3.63. The first-order valence-electron chi connectivity index (χ1n) is 6.73. The maximum Gasteiger partial charge on any atom is 0.126 e. The first-order chi connectivity index (χ1) is 9.67. The van der Waals surface area contributed by atoms with Crippen molar-refractivity contribution in [3.63, 3.8) is 0 Å². The second-order valence-corrected chi connectivity index (χ2v) is 5.06. The Hall–Kier alpha value is -2.36. The fourth-order valence-corrected chi connectivity index (χ4v) is 2.32. The van der Waals surface area contributed by atoms with Gasteiger partial charge in [-0.25, -0.2) is 9.97 Å². The van der Waals surface area contributed by atoms with Crippen LogP contribution in [-0.4, -0.2) is 21.6 Å². The van der Waals surface area contributed by atoms with Crippen molar-refractivity contribution in [2.45, 2.75) is 20.4 Å². The van der Waals surface area contributed by atoms with Crippen molar-refractivity contribution in [2.24, 2.45) is 0 Å². The predicted molar refractivity (Wildman–Crippen MR) is 82.1 cm³/mol. The average molecular weight is 266 g/mol. The number of nitrogens with one attached hydrogen (secondary N) is 1. The molecular formula is C16H18N4. The number of aromatic nitrogens is 3. The van der Waals surface area contributed by atoms with E-state index in [1.54, 1.807) is 0 Å². The van der Waals surface area contributed by atoms with Crippen LogP contribution in [0.2, 0.25) is 0 Å². The van der Waals surface area contributed by atoms with E-state index in [4.69, 9.17) is 0 Å². The molecule has 0 aliphatic carbocycles. The lowest BCUT2D eigenvalue weighted by Crippen LogP contribution is -2.02. The molecule has 102 valence electrons. The molecule has 0 atom stereocenters. The van der Waals surface area contributed by atoms with Crippen molar-refractivity contribution in [1.29, 1.82) is 0 Å². The van der Waals surface area contributed by atoms with E-state index >= 15 is 0 Å². The largest absolute Gasteiger partial charge is 0.373 e. The van der Waals surface area contributed by atoms with Gasteiger partial charge in [-0.15, -0.1) is 0 Å². The van der Waals surface area contributed by atoms with Gasteiger partial charge < -0.3 is 9.88 Å². The van der Waals surface area contributed by atoms with Crippen LogP contribution in [0.3, 0.4) is 0 Å². The number of anilines is 1. The summed E-state index contributed by atoms with van der Waals surface area (Å²) in [7, 11) is 1.88. The van der Waals surface area contributed by atoms with Crippen molar-refractivity contribution in [2.75, 3.05) is 12.4 Å². The summed E-state index contributed by atoms with van der Waals surface area (Å²) in [6, 6.07) is 10.3. The molecule has 1 N–H and O–H groups in total. The fraction of sp³-hybridized carbons (Fsp3) is 0.250. The minimum atomic E-state index is 0.731. The van der Waals surface area contributed by atoms with Gasteiger partial charge in [0.25, 0.3) is 0 Å². The first kappa shape index (κ1) is 12.7. The van der Waals surface area contributed by atoms with Gasteiger partial charge in [0.15, 0.2) is 0 Å². The maximum atomic E-state index is 4.55. The minimum absolute atomic E-state index is 0.731. The van der Waals surface area contributed by atoms with Crippen molar-refractivity contribution >= 4 is 16.9 Å². The zero-order valence-corrected chi connectivity index (χ0v) is 12.0. The van der Waals surface area contributed by atoms with E-state index in [0.29, 0.717) is 0 Å². The normalized spacial score (nSPS) is 10.9. The Labute approximate surface area is 118 Å². The Morgan fingerprint density at radius 1 is 1.15 bits per heavy atom. The van der Waals surface area contributed by atoms with Crippen LogP contribution < -0.4 is 5.32 Å². The number of pyridine rings is 1. The molecule has 0 amide bonds. The molecule has 4 nitrogen and oxygen atoms in total. The molecule has 2 aromatic heterocycles. The summed E-state index contributed by atoms with van der Waals surface area (Å²) in [5, 5.41) is 3.06. The molecule has 1 aromatic carbocycles. The van der Waals surface area contributed by atoms with E-state index in [9.17, 15) is 0 Å². The second kappa shape index (κ2) is 4.96. The van der Waals surface area contributed by atoms with E-state index in [-0.39, 0.29) is 0 Å². The molecular weight excluding hydrogens is 248 g/mol. The molecule has 0 saturated heterocycles. The van der Waals surface area contributed by atoms with Gasteiger partial charge >= 0.3 is 0 Å². The van der Waals surface area contributed by atoms with Crippen molar-refractivity contribution < 1.29 is 0 Å². The van der Waals surface area contributed by atoms with Gasteiger partial charge in [0.1, 0.15) is 5.82 Å². The van der Waals surface area contributed by atoms with Crippen LogP contribution in [0.1, 0.15) is 16.8 Å². The zero-order chi connectivity index (χ0) is 14.1. The molecule has 4 heteroatoms. The highest BCUT2D eigenvalue weighted by molar-refractivity contribution is 5.77. The molecule has 3 rings (SSSR count). The highest BCUT2D eigenvalue weighted by Crippen LogP contribution is 2.19. The van der Waals surface area contributed by atoms with E-state index in [1.165, 1.54) is 11.1 Å². The summed E-state index contributed by atoms with van der Waals surface area (Å²) in [5.74, 6) is 0.888. The number of aryl methyl sites for hydroxylation is 2. The van der Waals surface area contributed by atoms with Crippen molar-refractivity contribution in [3.8, 4) is 0 Å². The lowest BCUT2D eigenvalue weighted by molar-refractivity contribution is 0.798. The third kappa shape index (κ3) is 2.25. The molecule has 0 aliphatic rings. The molecule has 20 heavy (non-hydrogen) atoms. The Balaban J connectivity index is 2.00. The summed E-state index contributed by atoms with van der Waals surface area (Å²) < 4.78 is 2.14. The molecule has 0 bridgehead atoms. The minimum Gasteiger partial charge on any atom is -0.373 e. The van der Waals surface area contributed by atoms with Crippen LogP contribution in [0.15, 0.2) is 36.7 Å². The van der Waals surface area contributed by atoms with Gasteiger partial charge in [0.2, 0.25) is 0 Å². The van der Waals surface area contributed by atoms with E-state index < -0.39 is 0 Å².